The van der Waals surface area contributed by atoms with Crippen molar-refractivity contribution in [2.45, 2.75) is 32.6 Å². The highest BCUT2D eigenvalue weighted by atomic mass is 16.5. The average Bonchev–Trinajstić information content (AvgIpc) is 3.10. The molecule has 0 aliphatic carbocycles. The fourth-order valence-electron chi connectivity index (χ4n) is 2.68. The van der Waals surface area contributed by atoms with E-state index in [4.69, 9.17) is 4.74 Å². The first-order valence-electron chi connectivity index (χ1n) is 8.28. The van der Waals surface area contributed by atoms with Crippen LogP contribution in [-0.4, -0.2) is 33.2 Å². The summed E-state index contributed by atoms with van der Waals surface area (Å²) in [6, 6.07) is 10.3. The summed E-state index contributed by atoms with van der Waals surface area (Å²) in [5.74, 6) is 2.93. The van der Waals surface area contributed by atoms with Crippen molar-refractivity contribution in [3.63, 3.8) is 0 Å². The second-order valence-electron chi connectivity index (χ2n) is 5.85. The van der Waals surface area contributed by atoms with E-state index in [9.17, 15) is 0 Å². The number of benzene rings is 1. The number of methoxy groups -OCH3 is 1. The molecule has 1 N–H and O–H groups in total. The van der Waals surface area contributed by atoms with Gasteiger partial charge in [-0.3, -0.25) is 0 Å². The maximum atomic E-state index is 5.21. The SMILES string of the molecule is CCc1cc(NCCC(C)c2ccc(OC)cc2)n2ncnc2n1. The predicted molar refractivity (Wildman–Crippen MR) is 94.7 cm³/mol. The highest BCUT2D eigenvalue weighted by Crippen LogP contribution is 2.22. The Morgan fingerprint density at radius 3 is 2.75 bits per heavy atom. The molecule has 3 rings (SSSR count). The zero-order valence-corrected chi connectivity index (χ0v) is 14.4. The van der Waals surface area contributed by atoms with Crippen molar-refractivity contribution in [3.8, 4) is 5.75 Å². The third kappa shape index (κ3) is 3.48. The van der Waals surface area contributed by atoms with Crippen LogP contribution < -0.4 is 10.1 Å². The lowest BCUT2D eigenvalue weighted by molar-refractivity contribution is 0.414. The minimum absolute atomic E-state index is 0.460. The van der Waals surface area contributed by atoms with Crippen LogP contribution in [0.25, 0.3) is 5.78 Å². The Morgan fingerprint density at radius 2 is 2.04 bits per heavy atom. The topological polar surface area (TPSA) is 64.3 Å². The van der Waals surface area contributed by atoms with Crippen LogP contribution in [0.1, 0.15) is 37.4 Å². The van der Waals surface area contributed by atoms with Crippen molar-refractivity contribution in [3.05, 3.63) is 47.9 Å². The summed E-state index contributed by atoms with van der Waals surface area (Å²) in [7, 11) is 1.69. The Hall–Kier alpha value is -2.63. The Balaban J connectivity index is 1.64. The number of nitrogens with zero attached hydrogens (tertiary/aromatic N) is 4. The number of nitrogens with one attached hydrogen (secondary N) is 1. The summed E-state index contributed by atoms with van der Waals surface area (Å²) < 4.78 is 6.96. The Morgan fingerprint density at radius 1 is 1.25 bits per heavy atom. The minimum Gasteiger partial charge on any atom is -0.497 e. The molecule has 0 bridgehead atoms. The summed E-state index contributed by atoms with van der Waals surface area (Å²) in [6.07, 6.45) is 3.43. The van der Waals surface area contributed by atoms with Crippen molar-refractivity contribution in [2.75, 3.05) is 19.0 Å². The lowest BCUT2D eigenvalue weighted by Gasteiger charge is -2.14. The molecule has 0 spiro atoms. The van der Waals surface area contributed by atoms with E-state index in [2.05, 4.69) is 46.4 Å². The van der Waals surface area contributed by atoms with Gasteiger partial charge in [0.15, 0.2) is 0 Å². The van der Waals surface area contributed by atoms with Gasteiger partial charge >= 0.3 is 0 Å². The zero-order valence-electron chi connectivity index (χ0n) is 14.4. The molecule has 0 saturated carbocycles. The minimum atomic E-state index is 0.460. The fourth-order valence-corrected chi connectivity index (χ4v) is 2.68. The van der Waals surface area contributed by atoms with Gasteiger partial charge in [-0.25, -0.2) is 4.98 Å². The maximum Gasteiger partial charge on any atom is 0.254 e. The van der Waals surface area contributed by atoms with Crippen molar-refractivity contribution >= 4 is 11.6 Å². The normalized spacial score (nSPS) is 12.3. The summed E-state index contributed by atoms with van der Waals surface area (Å²) in [5, 5.41) is 7.70. The van der Waals surface area contributed by atoms with Crippen molar-refractivity contribution in [1.82, 2.24) is 19.6 Å². The number of hydrogen-bond acceptors (Lipinski definition) is 5. The van der Waals surface area contributed by atoms with Crippen LogP contribution in [0.3, 0.4) is 0 Å². The van der Waals surface area contributed by atoms with E-state index in [0.717, 1.165) is 36.6 Å². The van der Waals surface area contributed by atoms with E-state index in [1.807, 2.05) is 18.2 Å². The molecule has 24 heavy (non-hydrogen) atoms. The lowest BCUT2D eigenvalue weighted by Crippen LogP contribution is -2.11. The van der Waals surface area contributed by atoms with Gasteiger partial charge in [0, 0.05) is 18.3 Å². The van der Waals surface area contributed by atoms with Gasteiger partial charge in [0.2, 0.25) is 0 Å². The van der Waals surface area contributed by atoms with Gasteiger partial charge < -0.3 is 10.1 Å². The summed E-state index contributed by atoms with van der Waals surface area (Å²) >= 11 is 0. The second-order valence-corrected chi connectivity index (χ2v) is 5.85. The number of hydrogen-bond donors (Lipinski definition) is 1. The molecule has 6 nitrogen and oxygen atoms in total. The fraction of sp³-hybridized carbons (Fsp3) is 0.389. The van der Waals surface area contributed by atoms with Crippen LogP contribution >= 0.6 is 0 Å². The number of aromatic nitrogens is 4. The summed E-state index contributed by atoms with van der Waals surface area (Å²) in [6.45, 7) is 5.18. The highest BCUT2D eigenvalue weighted by Gasteiger charge is 2.09. The first kappa shape index (κ1) is 16.2. The molecule has 0 fully saturated rings. The lowest BCUT2D eigenvalue weighted by atomic mass is 9.98. The number of ether oxygens (including phenoxy) is 1. The predicted octanol–water partition coefficient (Wildman–Crippen LogP) is 3.30. The van der Waals surface area contributed by atoms with Gasteiger partial charge in [-0.1, -0.05) is 26.0 Å². The van der Waals surface area contributed by atoms with Gasteiger partial charge in [-0.15, -0.1) is 0 Å². The molecular formula is C18H23N5O. The molecule has 2 heterocycles. The average molecular weight is 325 g/mol. The molecule has 1 atom stereocenters. The molecule has 1 unspecified atom stereocenters. The Bertz CT molecular complexity index is 797. The van der Waals surface area contributed by atoms with E-state index in [1.54, 1.807) is 11.6 Å². The monoisotopic (exact) mass is 325 g/mol. The molecule has 0 saturated heterocycles. The molecule has 0 aliphatic rings. The van der Waals surface area contributed by atoms with E-state index in [-0.39, 0.29) is 0 Å². The molecule has 0 aliphatic heterocycles. The Kier molecular flexibility index (Phi) is 4.93. The summed E-state index contributed by atoms with van der Waals surface area (Å²) in [5.41, 5.74) is 2.33. The van der Waals surface area contributed by atoms with Gasteiger partial charge in [0.25, 0.3) is 5.78 Å². The number of rotatable bonds is 7. The molecule has 0 amide bonds. The second kappa shape index (κ2) is 7.29. The first-order valence-corrected chi connectivity index (χ1v) is 8.28. The standard InChI is InChI=1S/C18H23N5O/c1-4-15-11-17(23-18(22-15)20-12-21-23)19-10-9-13(2)14-5-7-16(24-3)8-6-14/h5-8,11-13,19H,4,9-10H2,1-3H3. The number of fused-ring (bicyclic) bond motifs is 1. The van der Waals surface area contributed by atoms with E-state index < -0.39 is 0 Å². The molecule has 6 heteroatoms. The Labute approximate surface area is 141 Å². The van der Waals surface area contributed by atoms with Crippen LogP contribution in [0, 0.1) is 0 Å². The molecule has 1 aromatic carbocycles. The van der Waals surface area contributed by atoms with Crippen LogP contribution in [0.5, 0.6) is 5.75 Å². The number of anilines is 1. The van der Waals surface area contributed by atoms with E-state index in [0.29, 0.717) is 11.7 Å². The van der Waals surface area contributed by atoms with Gasteiger partial charge in [-0.05, 0) is 36.5 Å². The highest BCUT2D eigenvalue weighted by molar-refractivity contribution is 5.45. The van der Waals surface area contributed by atoms with Crippen LogP contribution in [0.4, 0.5) is 5.82 Å². The largest absolute Gasteiger partial charge is 0.497 e. The smallest absolute Gasteiger partial charge is 0.254 e. The first-order chi connectivity index (χ1) is 11.7. The van der Waals surface area contributed by atoms with Gasteiger partial charge in [0.05, 0.1) is 7.11 Å². The van der Waals surface area contributed by atoms with E-state index in [1.165, 1.54) is 11.9 Å². The maximum absolute atomic E-state index is 5.21. The van der Waals surface area contributed by atoms with Crippen LogP contribution in [0.15, 0.2) is 36.7 Å². The van der Waals surface area contributed by atoms with Gasteiger partial charge in [-0.2, -0.15) is 14.6 Å². The van der Waals surface area contributed by atoms with Crippen molar-refractivity contribution in [2.24, 2.45) is 0 Å². The zero-order chi connectivity index (χ0) is 16.9. The molecule has 126 valence electrons. The van der Waals surface area contributed by atoms with Crippen molar-refractivity contribution in [1.29, 1.82) is 0 Å². The molecule has 3 aromatic rings. The van der Waals surface area contributed by atoms with Crippen molar-refractivity contribution < 1.29 is 4.74 Å². The third-order valence-electron chi connectivity index (χ3n) is 4.24. The number of aryl methyl sites for hydroxylation is 1. The van der Waals surface area contributed by atoms with E-state index >= 15 is 0 Å². The molecular weight excluding hydrogens is 302 g/mol. The van der Waals surface area contributed by atoms with Crippen LogP contribution in [-0.2, 0) is 6.42 Å². The summed E-state index contributed by atoms with van der Waals surface area (Å²) in [4.78, 5) is 8.64. The molecule has 0 radical (unpaired) electrons. The molecule has 2 aromatic heterocycles. The quantitative estimate of drug-likeness (QED) is 0.722. The van der Waals surface area contributed by atoms with Crippen LogP contribution in [0.2, 0.25) is 0 Å². The van der Waals surface area contributed by atoms with Gasteiger partial charge in [0.1, 0.15) is 17.9 Å². The third-order valence-corrected chi connectivity index (χ3v) is 4.24.